The van der Waals surface area contributed by atoms with Gasteiger partial charge in [-0.05, 0) is 36.8 Å². The van der Waals surface area contributed by atoms with Crippen LogP contribution in [0.2, 0.25) is 0 Å². The Bertz CT molecular complexity index is 1800. The smallest absolute Gasteiger partial charge is 0.212 e. The van der Waals surface area contributed by atoms with Gasteiger partial charge in [0.15, 0.2) is 0 Å². The fourth-order valence-electron chi connectivity index (χ4n) is 5.87. The predicted molar refractivity (Wildman–Crippen MR) is 156 cm³/mol. The number of anilines is 1. The fraction of sp³-hybridized carbons (Fsp3) is 0.258. The van der Waals surface area contributed by atoms with Crippen LogP contribution in [0.5, 0.6) is 0 Å². The van der Waals surface area contributed by atoms with Crippen LogP contribution in [0.1, 0.15) is 17.5 Å². The number of hydrogen-bond acceptors (Lipinski definition) is 7. The topological polar surface area (TPSA) is 79.7 Å². The Morgan fingerprint density at radius 2 is 1.85 bits per heavy atom. The Morgan fingerprint density at radius 3 is 2.56 bits per heavy atom. The van der Waals surface area contributed by atoms with Crippen molar-refractivity contribution in [1.82, 2.24) is 34.3 Å². The summed E-state index contributed by atoms with van der Waals surface area (Å²) < 4.78 is 16.7. The molecule has 0 aromatic carbocycles. The Balaban J connectivity index is 1.11. The standard InChI is InChI=1S/C31H28FN9/c1-33-13-24-15-37-41-18-23(25-16-36-38(2)17-25)10-28(31(24)41)22-6-8-30(35-14-22)39-19-26-11-27(20-39)40(26)9-3-4-21-5-7-29(32)34-12-21/h5-8,10,12-18,26-27H,9,11,19-20H2,1-2H3. The van der Waals surface area contributed by atoms with Crippen molar-refractivity contribution in [1.29, 1.82) is 0 Å². The average molecular weight is 546 g/mol. The van der Waals surface area contributed by atoms with Crippen LogP contribution in [0.4, 0.5) is 10.2 Å². The molecule has 3 saturated heterocycles. The van der Waals surface area contributed by atoms with Crippen LogP contribution >= 0.6 is 0 Å². The van der Waals surface area contributed by atoms with E-state index in [1.54, 1.807) is 17.8 Å². The lowest BCUT2D eigenvalue weighted by molar-refractivity contribution is 0.0125. The molecular formula is C31H28FN9. The van der Waals surface area contributed by atoms with Crippen LogP contribution in [0, 0.1) is 17.8 Å². The molecular weight excluding hydrogens is 517 g/mol. The summed E-state index contributed by atoms with van der Waals surface area (Å²) in [4.78, 5) is 17.6. The number of nitrogens with zero attached hydrogens (tertiary/aromatic N) is 9. The third kappa shape index (κ3) is 4.74. The molecule has 2 atom stereocenters. The van der Waals surface area contributed by atoms with E-state index in [-0.39, 0.29) is 0 Å². The van der Waals surface area contributed by atoms with Crippen molar-refractivity contribution in [3.8, 4) is 34.1 Å². The number of fused-ring (bicyclic) bond motifs is 3. The molecule has 0 aliphatic carbocycles. The Kier molecular flexibility index (Phi) is 6.29. The highest BCUT2D eigenvalue weighted by Crippen LogP contribution is 2.35. The van der Waals surface area contributed by atoms with Gasteiger partial charge in [0.25, 0.3) is 0 Å². The summed E-state index contributed by atoms with van der Waals surface area (Å²) in [6, 6.07) is 10.3. The van der Waals surface area contributed by atoms with Crippen molar-refractivity contribution in [2.45, 2.75) is 18.5 Å². The Hall–Kier alpha value is -4.88. The molecule has 5 aromatic heterocycles. The quantitative estimate of drug-likeness (QED) is 0.190. The van der Waals surface area contributed by atoms with Gasteiger partial charge in [-0.1, -0.05) is 11.8 Å². The maximum Gasteiger partial charge on any atom is 0.212 e. The first kappa shape index (κ1) is 25.1. The van der Waals surface area contributed by atoms with E-state index in [0.29, 0.717) is 18.6 Å². The van der Waals surface area contributed by atoms with Crippen LogP contribution in [0.15, 0.2) is 72.5 Å². The van der Waals surface area contributed by atoms with E-state index >= 15 is 0 Å². The monoisotopic (exact) mass is 545 g/mol. The van der Waals surface area contributed by atoms with Crippen molar-refractivity contribution < 1.29 is 4.39 Å². The van der Waals surface area contributed by atoms with E-state index in [0.717, 1.165) is 57.8 Å². The first-order valence-corrected chi connectivity index (χ1v) is 13.6. The highest BCUT2D eigenvalue weighted by molar-refractivity contribution is 5.97. The number of hydrogen-bond donors (Lipinski definition) is 0. The second-order valence-corrected chi connectivity index (χ2v) is 10.5. The molecule has 204 valence electrons. The van der Waals surface area contributed by atoms with Crippen molar-refractivity contribution in [3.05, 3.63) is 84.6 Å². The number of pyridine rings is 3. The third-order valence-corrected chi connectivity index (χ3v) is 7.90. The second-order valence-electron chi connectivity index (χ2n) is 10.5. The van der Waals surface area contributed by atoms with Crippen molar-refractivity contribution >= 4 is 17.5 Å². The number of rotatable bonds is 5. The summed E-state index contributed by atoms with van der Waals surface area (Å²) in [7, 11) is 3.68. The van der Waals surface area contributed by atoms with E-state index in [4.69, 9.17) is 4.98 Å². The van der Waals surface area contributed by atoms with Gasteiger partial charge in [-0.25, -0.2) is 14.5 Å². The van der Waals surface area contributed by atoms with Gasteiger partial charge in [-0.3, -0.25) is 14.6 Å². The van der Waals surface area contributed by atoms with Crippen LogP contribution in [-0.4, -0.2) is 79.2 Å². The first-order valence-electron chi connectivity index (χ1n) is 13.6. The Labute approximate surface area is 237 Å². The Morgan fingerprint density at radius 1 is 0.976 bits per heavy atom. The van der Waals surface area contributed by atoms with Crippen LogP contribution < -0.4 is 4.90 Å². The number of aryl methyl sites for hydroxylation is 1. The number of piperazine rings is 1. The summed E-state index contributed by atoms with van der Waals surface area (Å²) in [6.07, 6.45) is 14.2. The van der Waals surface area contributed by atoms with E-state index < -0.39 is 5.95 Å². The number of aromatic nitrogens is 6. The van der Waals surface area contributed by atoms with Crippen LogP contribution in [0.3, 0.4) is 0 Å². The van der Waals surface area contributed by atoms with Gasteiger partial charge in [-0.2, -0.15) is 14.6 Å². The lowest BCUT2D eigenvalue weighted by Gasteiger charge is -2.56. The maximum absolute atomic E-state index is 13.0. The number of halogens is 1. The zero-order valence-electron chi connectivity index (χ0n) is 22.8. The molecule has 8 rings (SSSR count). The van der Waals surface area contributed by atoms with Gasteiger partial charge < -0.3 is 4.90 Å². The van der Waals surface area contributed by atoms with E-state index in [9.17, 15) is 4.39 Å². The predicted octanol–water partition coefficient (Wildman–Crippen LogP) is 3.69. The van der Waals surface area contributed by atoms with Gasteiger partial charge in [0.05, 0.1) is 24.5 Å². The third-order valence-electron chi connectivity index (χ3n) is 7.90. The molecule has 10 heteroatoms. The molecule has 41 heavy (non-hydrogen) atoms. The molecule has 3 fully saturated rings. The van der Waals surface area contributed by atoms with Crippen LogP contribution in [0.25, 0.3) is 27.8 Å². The molecule has 9 nitrogen and oxygen atoms in total. The molecule has 2 bridgehead atoms. The molecule has 5 aromatic rings. The van der Waals surface area contributed by atoms with Gasteiger partial charge in [-0.15, -0.1) is 0 Å². The first-order chi connectivity index (χ1) is 20.1. The molecule has 0 N–H and O–H groups in total. The largest absolute Gasteiger partial charge is 0.353 e. The summed E-state index contributed by atoms with van der Waals surface area (Å²) in [5.74, 6) is 6.82. The van der Waals surface area contributed by atoms with Gasteiger partial charge in [0.1, 0.15) is 5.82 Å². The molecule has 0 spiro atoms. The summed E-state index contributed by atoms with van der Waals surface area (Å²) in [5, 5.41) is 8.95. The highest BCUT2D eigenvalue weighted by Gasteiger charge is 2.44. The number of piperidine rings is 1. The van der Waals surface area contributed by atoms with Crippen molar-refractivity contribution in [2.75, 3.05) is 31.6 Å². The van der Waals surface area contributed by atoms with Gasteiger partial charge in [0, 0.05) is 104 Å². The average Bonchev–Trinajstić information content (AvgIpc) is 3.62. The zero-order valence-corrected chi connectivity index (χ0v) is 22.8. The van der Waals surface area contributed by atoms with Gasteiger partial charge >= 0.3 is 0 Å². The summed E-state index contributed by atoms with van der Waals surface area (Å²) >= 11 is 0. The zero-order chi connectivity index (χ0) is 27.9. The van der Waals surface area contributed by atoms with Crippen molar-refractivity contribution in [3.63, 3.8) is 0 Å². The minimum atomic E-state index is -0.487. The molecule has 0 radical (unpaired) electrons. The van der Waals surface area contributed by atoms with Gasteiger partial charge in [0.2, 0.25) is 5.95 Å². The molecule has 3 aliphatic heterocycles. The highest BCUT2D eigenvalue weighted by atomic mass is 19.1. The summed E-state index contributed by atoms with van der Waals surface area (Å²) in [5.41, 5.74) is 6.80. The molecule has 2 unspecified atom stereocenters. The van der Waals surface area contributed by atoms with E-state index in [2.05, 4.69) is 60.0 Å². The van der Waals surface area contributed by atoms with E-state index in [1.807, 2.05) is 48.8 Å². The van der Waals surface area contributed by atoms with Crippen molar-refractivity contribution in [2.24, 2.45) is 12.0 Å². The normalized spacial score (nSPS) is 18.5. The lowest BCUT2D eigenvalue weighted by Crippen LogP contribution is -2.68. The maximum atomic E-state index is 13.0. The fourth-order valence-corrected chi connectivity index (χ4v) is 5.87. The minimum Gasteiger partial charge on any atom is -0.353 e. The number of aliphatic imine (C=N–C) groups is 1. The van der Waals surface area contributed by atoms with Crippen LogP contribution in [-0.2, 0) is 7.05 Å². The minimum absolute atomic E-state index is 0.453. The molecule has 0 saturated carbocycles. The summed E-state index contributed by atoms with van der Waals surface area (Å²) in [6.45, 7) is 2.54. The SMILES string of the molecule is CN=Cc1cnn2cc(-c3cnn(C)c3)cc(-c3ccc(N4CC5CC(C4)N5CC#Cc4ccc(F)nc4)nc3)c12. The molecule has 3 aliphatic rings. The van der Waals surface area contributed by atoms with E-state index in [1.165, 1.54) is 18.7 Å². The molecule has 8 heterocycles. The second kappa shape index (κ2) is 10.3. The lowest BCUT2D eigenvalue weighted by atomic mass is 9.87. The molecule has 0 amide bonds.